The number of thiol groups is 1. The van der Waals surface area contributed by atoms with Crippen molar-refractivity contribution in [2.75, 3.05) is 0 Å². The van der Waals surface area contributed by atoms with Crippen LogP contribution in [0.25, 0.3) is 0 Å². The first-order chi connectivity index (χ1) is 10.3. The second kappa shape index (κ2) is 5.90. The molecule has 2 rings (SSSR count). The molecule has 1 aliphatic rings. The highest BCUT2D eigenvalue weighted by atomic mass is 32.1. The standard InChI is InChI=1S/C20H34B2S/c1-12-13(2)15(17(23)16(21)14(12)18(3,4)5)20(22)10-8-19(6,7)9-11-20/h23H,8-11,21-22H2,1-7H3. The van der Waals surface area contributed by atoms with E-state index in [4.69, 9.17) is 12.6 Å². The normalized spacial score (nSPS) is 20.5. The van der Waals surface area contributed by atoms with Crippen LogP contribution in [-0.2, 0) is 10.7 Å². The van der Waals surface area contributed by atoms with Crippen molar-refractivity contribution in [1.82, 2.24) is 0 Å². The van der Waals surface area contributed by atoms with Gasteiger partial charge in [-0.25, -0.2) is 0 Å². The van der Waals surface area contributed by atoms with E-state index in [1.54, 1.807) is 0 Å². The van der Waals surface area contributed by atoms with Crippen molar-refractivity contribution in [3.8, 4) is 0 Å². The van der Waals surface area contributed by atoms with E-state index in [9.17, 15) is 0 Å². The van der Waals surface area contributed by atoms with Gasteiger partial charge < -0.3 is 0 Å². The van der Waals surface area contributed by atoms with Crippen LogP contribution in [0.3, 0.4) is 0 Å². The van der Waals surface area contributed by atoms with Gasteiger partial charge in [0.2, 0.25) is 0 Å². The number of hydrogen-bond acceptors (Lipinski definition) is 1. The minimum Gasteiger partial charge on any atom is -0.144 e. The van der Waals surface area contributed by atoms with E-state index in [0.717, 1.165) is 0 Å². The number of hydrogen-bond donors (Lipinski definition) is 1. The van der Waals surface area contributed by atoms with Crippen molar-refractivity contribution in [2.45, 2.75) is 89.8 Å². The first kappa shape index (κ1) is 19.0. The molecule has 1 saturated carbocycles. The summed E-state index contributed by atoms with van der Waals surface area (Å²) in [7, 11) is 4.74. The summed E-state index contributed by atoms with van der Waals surface area (Å²) in [5.41, 5.74) is 8.04. The highest BCUT2D eigenvalue weighted by Gasteiger charge is 2.39. The lowest BCUT2D eigenvalue weighted by molar-refractivity contribution is 0.204. The van der Waals surface area contributed by atoms with Crippen LogP contribution >= 0.6 is 12.6 Å². The molecule has 0 radical (unpaired) electrons. The van der Waals surface area contributed by atoms with Gasteiger partial charge in [-0.15, -0.1) is 12.6 Å². The van der Waals surface area contributed by atoms with Crippen LogP contribution in [0, 0.1) is 19.3 Å². The fourth-order valence-corrected chi connectivity index (χ4v) is 5.28. The Balaban J connectivity index is 2.62. The van der Waals surface area contributed by atoms with Crippen molar-refractivity contribution in [3.05, 3.63) is 22.3 Å². The Morgan fingerprint density at radius 2 is 1.43 bits per heavy atom. The zero-order chi connectivity index (χ0) is 17.8. The van der Waals surface area contributed by atoms with Gasteiger partial charge in [-0.05, 0) is 65.1 Å². The molecular weight excluding hydrogens is 294 g/mol. The lowest BCUT2D eigenvalue weighted by Gasteiger charge is -2.44. The molecule has 0 amide bonds. The molecule has 0 saturated heterocycles. The number of benzene rings is 1. The van der Waals surface area contributed by atoms with Crippen molar-refractivity contribution >= 4 is 33.8 Å². The van der Waals surface area contributed by atoms with E-state index in [1.165, 1.54) is 58.3 Å². The van der Waals surface area contributed by atoms with Crippen LogP contribution in [0.2, 0.25) is 0 Å². The molecule has 1 aromatic carbocycles. The average Bonchev–Trinajstić information content (AvgIpc) is 2.39. The van der Waals surface area contributed by atoms with Crippen LogP contribution in [0.4, 0.5) is 0 Å². The Morgan fingerprint density at radius 3 is 1.87 bits per heavy atom. The van der Waals surface area contributed by atoms with Gasteiger partial charge in [0.05, 0.1) is 0 Å². The van der Waals surface area contributed by atoms with Gasteiger partial charge in [0, 0.05) is 4.90 Å². The summed E-state index contributed by atoms with van der Waals surface area (Å²) in [5.74, 6) is 0. The molecule has 0 aliphatic heterocycles. The molecule has 126 valence electrons. The van der Waals surface area contributed by atoms with Crippen LogP contribution in [-0.4, -0.2) is 15.7 Å². The first-order valence-electron chi connectivity index (χ1n) is 9.14. The third-order valence-corrected chi connectivity index (χ3v) is 6.90. The van der Waals surface area contributed by atoms with Gasteiger partial charge in [-0.1, -0.05) is 52.9 Å². The zero-order valence-electron chi connectivity index (χ0n) is 16.8. The van der Waals surface area contributed by atoms with E-state index in [1.807, 2.05) is 0 Å². The third kappa shape index (κ3) is 3.41. The van der Waals surface area contributed by atoms with Crippen molar-refractivity contribution in [1.29, 1.82) is 0 Å². The molecule has 0 heterocycles. The van der Waals surface area contributed by atoms with Crippen LogP contribution in [0.1, 0.15) is 82.6 Å². The van der Waals surface area contributed by atoms with Gasteiger partial charge in [0.1, 0.15) is 15.7 Å². The minimum atomic E-state index is 0.171. The second-order valence-corrected chi connectivity index (χ2v) is 10.4. The largest absolute Gasteiger partial charge is 0.144 e. The Labute approximate surface area is 151 Å². The van der Waals surface area contributed by atoms with Crippen LogP contribution < -0.4 is 5.46 Å². The molecule has 0 nitrogen and oxygen atoms in total. The lowest BCUT2D eigenvalue weighted by atomic mass is 9.51. The van der Waals surface area contributed by atoms with Gasteiger partial charge in [-0.2, -0.15) is 0 Å². The maximum absolute atomic E-state index is 5.04. The maximum Gasteiger partial charge on any atom is 0.141 e. The van der Waals surface area contributed by atoms with Crippen LogP contribution in [0.5, 0.6) is 0 Å². The Hall–Kier alpha value is -0.300. The zero-order valence-corrected chi connectivity index (χ0v) is 17.7. The molecule has 0 unspecified atom stereocenters. The van der Waals surface area contributed by atoms with Crippen molar-refractivity contribution in [3.63, 3.8) is 0 Å². The average molecular weight is 328 g/mol. The second-order valence-electron chi connectivity index (χ2n) is 9.95. The van der Waals surface area contributed by atoms with E-state index in [0.29, 0.717) is 5.41 Å². The highest BCUT2D eigenvalue weighted by Crippen LogP contribution is 2.48. The van der Waals surface area contributed by atoms with Gasteiger partial charge in [-0.3, -0.25) is 0 Å². The van der Waals surface area contributed by atoms with Gasteiger partial charge in [0.25, 0.3) is 0 Å². The molecule has 0 spiro atoms. The lowest BCUT2D eigenvalue weighted by Crippen LogP contribution is -2.39. The summed E-state index contributed by atoms with van der Waals surface area (Å²) in [4.78, 5) is 1.25. The summed E-state index contributed by atoms with van der Waals surface area (Å²) in [6, 6.07) is 0. The Bertz CT molecular complexity index is 585. The molecule has 0 atom stereocenters. The SMILES string of the molecule is Bc1c(S)c(C2(B)CCC(C)(C)CC2)c(C)c(C)c1C(C)(C)C. The fourth-order valence-electron chi connectivity index (χ4n) is 4.73. The van der Waals surface area contributed by atoms with Gasteiger partial charge >= 0.3 is 0 Å². The first-order valence-corrected chi connectivity index (χ1v) is 9.59. The molecule has 0 bridgehead atoms. The molecule has 23 heavy (non-hydrogen) atoms. The predicted molar refractivity (Wildman–Crippen MR) is 113 cm³/mol. The number of rotatable bonds is 1. The summed E-state index contributed by atoms with van der Waals surface area (Å²) in [6.07, 6.45) is 5.19. The Morgan fingerprint density at radius 1 is 0.957 bits per heavy atom. The highest BCUT2D eigenvalue weighted by molar-refractivity contribution is 7.80. The van der Waals surface area contributed by atoms with E-state index in [2.05, 4.69) is 64.2 Å². The molecule has 3 heteroatoms. The summed E-state index contributed by atoms with van der Waals surface area (Å²) < 4.78 is 0. The van der Waals surface area contributed by atoms with Crippen molar-refractivity contribution < 1.29 is 0 Å². The minimum absolute atomic E-state index is 0.171. The molecule has 0 aromatic heterocycles. The Kier molecular flexibility index (Phi) is 4.88. The summed E-state index contributed by atoms with van der Waals surface area (Å²) in [5, 5.41) is 0.280. The monoisotopic (exact) mass is 328 g/mol. The molecular formula is C20H34B2S. The van der Waals surface area contributed by atoms with Crippen molar-refractivity contribution in [2.24, 2.45) is 5.41 Å². The molecule has 1 fully saturated rings. The molecule has 0 N–H and O–H groups in total. The maximum atomic E-state index is 5.04. The quantitative estimate of drug-likeness (QED) is 0.591. The predicted octanol–water partition coefficient (Wildman–Crippen LogP) is 3.58. The van der Waals surface area contributed by atoms with E-state index >= 15 is 0 Å². The van der Waals surface area contributed by atoms with E-state index in [-0.39, 0.29) is 10.7 Å². The summed E-state index contributed by atoms with van der Waals surface area (Å²) >= 11 is 5.04. The fraction of sp³-hybridized carbons (Fsp3) is 0.700. The third-order valence-electron chi connectivity index (χ3n) is 6.34. The van der Waals surface area contributed by atoms with Crippen LogP contribution in [0.15, 0.2) is 4.90 Å². The smallest absolute Gasteiger partial charge is 0.141 e. The van der Waals surface area contributed by atoms with Gasteiger partial charge in [0.15, 0.2) is 0 Å². The molecule has 1 aliphatic carbocycles. The van der Waals surface area contributed by atoms with E-state index < -0.39 is 0 Å². The molecule has 1 aromatic rings. The topological polar surface area (TPSA) is 0 Å². The summed E-state index contributed by atoms with van der Waals surface area (Å²) in [6.45, 7) is 16.4.